The molecular weight excluding hydrogens is 92.1 g/mol. The van der Waals surface area contributed by atoms with E-state index in [1.165, 1.54) is 0 Å². The van der Waals surface area contributed by atoms with E-state index in [1.807, 2.05) is 0 Å². The Kier molecular flexibility index (Phi) is 2.79. The van der Waals surface area contributed by atoms with Crippen molar-refractivity contribution >= 4 is 0 Å². The first-order valence-corrected chi connectivity index (χ1v) is 2.32. The topological polar surface area (TPSA) is 40.5 Å². The lowest BCUT2D eigenvalue weighted by molar-refractivity contribution is 0.115. The molecule has 0 aromatic carbocycles. The van der Waals surface area contributed by atoms with Crippen LogP contribution < -0.4 is 0 Å². The maximum absolute atomic E-state index is 8.52. The predicted octanol–water partition coefficient (Wildman–Crippen LogP) is -0.0477. The van der Waals surface area contributed by atoms with E-state index in [-0.39, 0.29) is 0 Å². The molecule has 0 heterocycles. The summed E-state index contributed by atoms with van der Waals surface area (Å²) < 4.78 is 0. The molecule has 0 saturated heterocycles. The monoisotopic (exact) mass is 103 g/mol. The van der Waals surface area contributed by atoms with Crippen LogP contribution >= 0.6 is 0 Å². The summed E-state index contributed by atoms with van der Waals surface area (Å²) in [5.74, 6) is 0. The maximum atomic E-state index is 8.52. The van der Waals surface area contributed by atoms with Gasteiger partial charge in [0.1, 0.15) is 0 Å². The van der Waals surface area contributed by atoms with Crippen molar-refractivity contribution in [2.45, 2.75) is 25.6 Å². The second-order valence-electron chi connectivity index (χ2n) is 1.74. The number of rotatable bonds is 2. The van der Waals surface area contributed by atoms with Gasteiger partial charge in [-0.05, 0) is 6.92 Å². The summed E-state index contributed by atoms with van der Waals surface area (Å²) >= 11 is 0. The van der Waals surface area contributed by atoms with Gasteiger partial charge in [-0.25, -0.2) is 0 Å². The Balaban J connectivity index is 2.95. The molecule has 0 fully saturated rings. The number of aliphatic hydroxyl groups is 2. The highest BCUT2D eigenvalue weighted by atomic mass is 16.3. The minimum absolute atomic E-state index is 0.361. The minimum atomic E-state index is -0.625. The van der Waals surface area contributed by atoms with Gasteiger partial charge in [0.15, 0.2) is 6.10 Å². The van der Waals surface area contributed by atoms with Gasteiger partial charge in [-0.15, -0.1) is 0 Å². The number of hydrogen-bond donors (Lipinski definition) is 2. The van der Waals surface area contributed by atoms with Crippen LogP contribution in [-0.2, 0) is 0 Å². The van der Waals surface area contributed by atoms with E-state index < -0.39 is 12.2 Å². The third-order valence-electron chi connectivity index (χ3n) is 0.613. The second kappa shape index (κ2) is 2.88. The zero-order valence-corrected chi connectivity index (χ0v) is 4.46. The van der Waals surface area contributed by atoms with Crippen molar-refractivity contribution in [2.24, 2.45) is 0 Å². The van der Waals surface area contributed by atoms with Crippen LogP contribution in [0.2, 0.25) is 0 Å². The van der Waals surface area contributed by atoms with Crippen molar-refractivity contribution in [3.05, 3.63) is 6.92 Å². The summed E-state index contributed by atoms with van der Waals surface area (Å²) in [4.78, 5) is 0. The van der Waals surface area contributed by atoms with Crippen LogP contribution in [0.4, 0.5) is 0 Å². The molecule has 2 nitrogen and oxygen atoms in total. The highest BCUT2D eigenvalue weighted by Crippen LogP contribution is 1.93. The molecule has 2 N–H and O–H groups in total. The number of hydrogen-bond acceptors (Lipinski definition) is 2. The largest absolute Gasteiger partial charge is 0.393 e. The van der Waals surface area contributed by atoms with E-state index >= 15 is 0 Å². The Morgan fingerprint density at radius 3 is 2.00 bits per heavy atom. The molecule has 42 valence electrons. The molecule has 7 heavy (non-hydrogen) atoms. The SMILES string of the molecule is [CH2+]C(O)CC(C)O. The summed E-state index contributed by atoms with van der Waals surface area (Å²) in [6.45, 7) is 4.89. The third kappa shape index (κ3) is 5.79. The van der Waals surface area contributed by atoms with Gasteiger partial charge in [0, 0.05) is 6.42 Å². The highest BCUT2D eigenvalue weighted by Gasteiger charge is 2.05. The Labute approximate surface area is 43.8 Å². The van der Waals surface area contributed by atoms with Crippen LogP contribution in [0.5, 0.6) is 0 Å². The molecule has 0 bridgehead atoms. The van der Waals surface area contributed by atoms with Gasteiger partial charge in [0.05, 0.1) is 13.0 Å². The highest BCUT2D eigenvalue weighted by molar-refractivity contribution is 4.59. The molecule has 0 saturated carbocycles. The third-order valence-corrected chi connectivity index (χ3v) is 0.613. The van der Waals surface area contributed by atoms with Gasteiger partial charge >= 0.3 is 0 Å². The molecule has 0 rings (SSSR count). The average molecular weight is 103 g/mol. The smallest absolute Gasteiger partial charge is 0.194 e. The van der Waals surface area contributed by atoms with E-state index in [2.05, 4.69) is 6.92 Å². The van der Waals surface area contributed by atoms with E-state index in [9.17, 15) is 0 Å². The maximum Gasteiger partial charge on any atom is 0.194 e. The van der Waals surface area contributed by atoms with Crippen LogP contribution in [0, 0.1) is 6.92 Å². The fourth-order valence-electron chi connectivity index (χ4n) is 0.394. The summed E-state index contributed by atoms with van der Waals surface area (Å²) in [5, 5.41) is 17.0. The van der Waals surface area contributed by atoms with Crippen molar-refractivity contribution in [2.75, 3.05) is 0 Å². The molecule has 0 aromatic heterocycles. The molecule has 0 amide bonds. The minimum Gasteiger partial charge on any atom is -0.393 e. The molecule has 0 aliphatic carbocycles. The summed E-state index contributed by atoms with van der Waals surface area (Å²) in [7, 11) is 0. The van der Waals surface area contributed by atoms with E-state index in [0.29, 0.717) is 6.42 Å². The van der Waals surface area contributed by atoms with Crippen LogP contribution in [0.15, 0.2) is 0 Å². The molecule has 0 aromatic rings. The van der Waals surface area contributed by atoms with Crippen molar-refractivity contribution in [1.29, 1.82) is 0 Å². The molecule has 2 heteroatoms. The molecule has 0 spiro atoms. The normalized spacial score (nSPS) is 18.7. The molecule has 0 aliphatic heterocycles. The lowest BCUT2D eigenvalue weighted by Gasteiger charge is -1.98. The zero-order chi connectivity index (χ0) is 5.86. The summed E-state index contributed by atoms with van der Waals surface area (Å²) in [5.41, 5.74) is 0. The summed E-state index contributed by atoms with van der Waals surface area (Å²) in [6, 6.07) is 0. The predicted molar refractivity (Wildman–Crippen MR) is 27.7 cm³/mol. The van der Waals surface area contributed by atoms with Crippen LogP contribution in [0.25, 0.3) is 0 Å². The lowest BCUT2D eigenvalue weighted by Crippen LogP contribution is -2.10. The first-order valence-electron chi connectivity index (χ1n) is 2.32. The zero-order valence-electron chi connectivity index (χ0n) is 4.46. The van der Waals surface area contributed by atoms with Crippen molar-refractivity contribution < 1.29 is 10.2 Å². The van der Waals surface area contributed by atoms with E-state index in [4.69, 9.17) is 10.2 Å². The van der Waals surface area contributed by atoms with Crippen LogP contribution in [0.3, 0.4) is 0 Å². The van der Waals surface area contributed by atoms with Gasteiger partial charge in [-0.2, -0.15) is 0 Å². The van der Waals surface area contributed by atoms with Gasteiger partial charge in [-0.1, -0.05) is 0 Å². The first kappa shape index (κ1) is 6.79. The van der Waals surface area contributed by atoms with Crippen LogP contribution in [-0.4, -0.2) is 22.4 Å². The Morgan fingerprint density at radius 1 is 1.57 bits per heavy atom. The van der Waals surface area contributed by atoms with Crippen LogP contribution in [0.1, 0.15) is 13.3 Å². The lowest BCUT2D eigenvalue weighted by atomic mass is 10.2. The molecule has 2 unspecified atom stereocenters. The summed E-state index contributed by atoms with van der Waals surface area (Å²) in [6.07, 6.45) is -0.701. The fraction of sp³-hybridized carbons (Fsp3) is 0.800. The van der Waals surface area contributed by atoms with Gasteiger partial charge in [0.25, 0.3) is 0 Å². The quantitative estimate of drug-likeness (QED) is 0.481. The average Bonchev–Trinajstić information content (AvgIpc) is 1.27. The molecular formula is C5H11O2+. The molecule has 2 atom stereocenters. The first-order chi connectivity index (χ1) is 3.13. The fourth-order valence-corrected chi connectivity index (χ4v) is 0.394. The van der Waals surface area contributed by atoms with Crippen molar-refractivity contribution in [3.63, 3.8) is 0 Å². The Hall–Kier alpha value is -0.210. The van der Waals surface area contributed by atoms with Gasteiger partial charge in [-0.3, -0.25) is 0 Å². The van der Waals surface area contributed by atoms with Crippen molar-refractivity contribution in [1.82, 2.24) is 0 Å². The Bertz CT molecular complexity index is 35.3. The second-order valence-corrected chi connectivity index (χ2v) is 1.74. The van der Waals surface area contributed by atoms with E-state index in [0.717, 1.165) is 0 Å². The van der Waals surface area contributed by atoms with Gasteiger partial charge < -0.3 is 10.2 Å². The Morgan fingerprint density at radius 2 is 2.00 bits per heavy atom. The van der Waals surface area contributed by atoms with Crippen molar-refractivity contribution in [3.8, 4) is 0 Å². The number of aliphatic hydroxyl groups excluding tert-OH is 2. The standard InChI is InChI=1S/C5H11O2/c1-4(6)3-5(2)7/h4-7H,1,3H2,2H3/q+1. The van der Waals surface area contributed by atoms with Gasteiger partial charge in [0.2, 0.25) is 0 Å². The molecule has 0 aliphatic rings. The molecule has 0 radical (unpaired) electrons. The van der Waals surface area contributed by atoms with E-state index in [1.54, 1.807) is 6.92 Å².